The lowest BCUT2D eigenvalue weighted by Gasteiger charge is -2.06. The van der Waals surface area contributed by atoms with Crippen LogP contribution in [0.5, 0.6) is 0 Å². The molecule has 0 aliphatic heterocycles. The summed E-state index contributed by atoms with van der Waals surface area (Å²) in [5.74, 6) is 0.761. The van der Waals surface area contributed by atoms with Crippen LogP contribution in [0.4, 0.5) is 0 Å². The smallest absolute Gasteiger partial charge is 0.216 e. The van der Waals surface area contributed by atoms with Gasteiger partial charge in [-0.15, -0.1) is 0 Å². The van der Waals surface area contributed by atoms with Crippen molar-refractivity contribution in [2.24, 2.45) is 5.10 Å². The first-order valence-corrected chi connectivity index (χ1v) is 8.92. The molecule has 0 radical (unpaired) electrons. The summed E-state index contributed by atoms with van der Waals surface area (Å²) >= 11 is 11.2. The van der Waals surface area contributed by atoms with Crippen LogP contribution in [-0.4, -0.2) is 21.1 Å². The number of hydrogen-bond donors (Lipinski definition) is 1. The van der Waals surface area contributed by atoms with Gasteiger partial charge in [-0.2, -0.15) is 14.9 Å². The van der Waals surface area contributed by atoms with Gasteiger partial charge in [-0.3, -0.25) is 5.10 Å². The fraction of sp³-hybridized carbons (Fsp3) is 0.0500. The molecular weight excluding hydrogens is 364 g/mol. The van der Waals surface area contributed by atoms with Gasteiger partial charge in [0.25, 0.3) is 0 Å². The summed E-state index contributed by atoms with van der Waals surface area (Å²) in [6.07, 6.45) is 2.38. The number of fused-ring (bicyclic) bond motifs is 1. The second kappa shape index (κ2) is 7.23. The molecule has 4 rings (SSSR count). The highest BCUT2D eigenvalue weighted by Crippen LogP contribution is 2.20. The number of rotatable bonds is 4. The molecule has 26 heavy (non-hydrogen) atoms. The third-order valence-electron chi connectivity index (χ3n) is 4.14. The fourth-order valence-electron chi connectivity index (χ4n) is 2.85. The minimum absolute atomic E-state index is 0.463. The highest BCUT2D eigenvalue weighted by molar-refractivity contribution is 7.71. The van der Waals surface area contributed by atoms with E-state index >= 15 is 0 Å². The number of nitrogens with one attached hydrogen (secondary N) is 1. The summed E-state index contributed by atoms with van der Waals surface area (Å²) in [6, 6.07) is 22.0. The number of aromatic nitrogens is 3. The van der Waals surface area contributed by atoms with Crippen molar-refractivity contribution in [3.8, 4) is 0 Å². The molecule has 0 fully saturated rings. The molecule has 3 aromatic carbocycles. The largest absolute Gasteiger partial charge is 0.250 e. The topological polar surface area (TPSA) is 46.0 Å². The third-order valence-corrected chi connectivity index (χ3v) is 4.65. The number of nitrogens with zero attached hydrogens (tertiary/aromatic N) is 3. The van der Waals surface area contributed by atoms with E-state index in [9.17, 15) is 0 Å². The van der Waals surface area contributed by atoms with Crippen molar-refractivity contribution in [3.05, 3.63) is 93.5 Å². The Kier molecular flexibility index (Phi) is 4.65. The van der Waals surface area contributed by atoms with E-state index in [4.69, 9.17) is 23.8 Å². The maximum Gasteiger partial charge on any atom is 0.216 e. The second-order valence-corrected chi connectivity index (χ2v) is 6.69. The Bertz CT molecular complexity index is 1140. The molecule has 4 aromatic rings. The van der Waals surface area contributed by atoms with Gasteiger partial charge in [-0.1, -0.05) is 66.2 Å². The van der Waals surface area contributed by atoms with Gasteiger partial charge < -0.3 is 0 Å². The highest BCUT2D eigenvalue weighted by atomic mass is 35.5. The molecule has 128 valence electrons. The van der Waals surface area contributed by atoms with Gasteiger partial charge in [0.05, 0.1) is 6.21 Å². The number of aromatic amines is 1. The van der Waals surface area contributed by atoms with E-state index in [0.717, 1.165) is 11.4 Å². The monoisotopic (exact) mass is 378 g/mol. The molecule has 1 aromatic heterocycles. The van der Waals surface area contributed by atoms with Crippen molar-refractivity contribution >= 4 is 40.8 Å². The van der Waals surface area contributed by atoms with Crippen LogP contribution in [0, 0.1) is 4.77 Å². The Morgan fingerprint density at radius 1 is 1.04 bits per heavy atom. The Balaban J connectivity index is 1.68. The first kappa shape index (κ1) is 16.7. The molecule has 0 aliphatic carbocycles. The Morgan fingerprint density at radius 2 is 1.81 bits per heavy atom. The molecule has 1 heterocycles. The van der Waals surface area contributed by atoms with Crippen LogP contribution in [-0.2, 0) is 6.42 Å². The van der Waals surface area contributed by atoms with Crippen molar-refractivity contribution < 1.29 is 0 Å². The number of hydrogen-bond acceptors (Lipinski definition) is 3. The van der Waals surface area contributed by atoms with E-state index < -0.39 is 0 Å². The van der Waals surface area contributed by atoms with Gasteiger partial charge in [0.15, 0.2) is 5.82 Å². The minimum Gasteiger partial charge on any atom is -0.250 e. The molecule has 6 heteroatoms. The van der Waals surface area contributed by atoms with E-state index in [1.54, 1.807) is 10.9 Å². The molecule has 0 bridgehead atoms. The Morgan fingerprint density at radius 3 is 2.65 bits per heavy atom. The van der Waals surface area contributed by atoms with E-state index in [2.05, 4.69) is 45.6 Å². The lowest BCUT2D eigenvalue weighted by atomic mass is 10.0. The first-order chi connectivity index (χ1) is 12.7. The van der Waals surface area contributed by atoms with Gasteiger partial charge in [-0.05, 0) is 46.2 Å². The molecule has 0 atom stereocenters. The van der Waals surface area contributed by atoms with Crippen LogP contribution in [0.15, 0.2) is 71.8 Å². The molecular formula is C20H15ClN4S. The molecule has 0 spiro atoms. The van der Waals surface area contributed by atoms with E-state index in [-0.39, 0.29) is 0 Å². The molecule has 0 saturated carbocycles. The number of halogens is 1. The van der Waals surface area contributed by atoms with E-state index in [0.29, 0.717) is 16.2 Å². The zero-order chi connectivity index (χ0) is 17.9. The predicted octanol–water partition coefficient (Wildman–Crippen LogP) is 5.22. The summed E-state index contributed by atoms with van der Waals surface area (Å²) in [4.78, 5) is 0. The summed E-state index contributed by atoms with van der Waals surface area (Å²) in [7, 11) is 0. The van der Waals surface area contributed by atoms with Crippen molar-refractivity contribution in [2.75, 3.05) is 0 Å². The van der Waals surface area contributed by atoms with Crippen LogP contribution in [0.3, 0.4) is 0 Å². The Hall–Kier alpha value is -2.76. The molecule has 0 unspecified atom stereocenters. The molecule has 1 N–H and O–H groups in total. The maximum absolute atomic E-state index is 5.92. The van der Waals surface area contributed by atoms with Gasteiger partial charge in [0.1, 0.15) is 0 Å². The molecule has 0 amide bonds. The summed E-state index contributed by atoms with van der Waals surface area (Å²) in [5.41, 5.74) is 2.12. The Labute approximate surface area is 160 Å². The normalized spacial score (nSPS) is 11.4. The highest BCUT2D eigenvalue weighted by Gasteiger charge is 2.08. The van der Waals surface area contributed by atoms with Crippen LogP contribution in [0.2, 0.25) is 5.02 Å². The standard InChI is InChI=1S/C20H15ClN4S/c21-17-10-8-14(9-11-17)13-22-25-19(23-24-20(25)26)12-16-6-3-5-15-4-1-2-7-18(15)16/h1-11,13H,12H2,(H,24,26)/b22-13+. The zero-order valence-electron chi connectivity index (χ0n) is 13.8. The molecule has 0 aliphatic rings. The van der Waals surface area contributed by atoms with Crippen molar-refractivity contribution in [1.29, 1.82) is 0 Å². The quantitative estimate of drug-likeness (QED) is 0.391. The zero-order valence-corrected chi connectivity index (χ0v) is 15.3. The van der Waals surface area contributed by atoms with Crippen LogP contribution < -0.4 is 0 Å². The summed E-state index contributed by atoms with van der Waals surface area (Å²) < 4.78 is 2.12. The maximum atomic E-state index is 5.92. The van der Waals surface area contributed by atoms with Crippen LogP contribution >= 0.6 is 23.8 Å². The van der Waals surface area contributed by atoms with Gasteiger partial charge in [0, 0.05) is 11.4 Å². The molecule has 4 nitrogen and oxygen atoms in total. The van der Waals surface area contributed by atoms with Crippen LogP contribution in [0.25, 0.3) is 10.8 Å². The first-order valence-electron chi connectivity index (χ1n) is 8.13. The van der Waals surface area contributed by atoms with Gasteiger partial charge in [-0.25, -0.2) is 0 Å². The minimum atomic E-state index is 0.463. The van der Waals surface area contributed by atoms with E-state index in [1.165, 1.54) is 16.3 Å². The lowest BCUT2D eigenvalue weighted by molar-refractivity contribution is 0.793. The van der Waals surface area contributed by atoms with Crippen molar-refractivity contribution in [2.45, 2.75) is 6.42 Å². The summed E-state index contributed by atoms with van der Waals surface area (Å²) in [5, 5.41) is 14.8. The third kappa shape index (κ3) is 3.45. The molecule has 0 saturated heterocycles. The van der Waals surface area contributed by atoms with Gasteiger partial charge in [0.2, 0.25) is 4.77 Å². The summed E-state index contributed by atoms with van der Waals surface area (Å²) in [6.45, 7) is 0. The number of H-pyrrole nitrogens is 1. The van der Waals surface area contributed by atoms with Crippen LogP contribution in [0.1, 0.15) is 17.0 Å². The van der Waals surface area contributed by atoms with Crippen molar-refractivity contribution in [1.82, 2.24) is 14.9 Å². The fourth-order valence-corrected chi connectivity index (χ4v) is 3.17. The average molecular weight is 379 g/mol. The van der Waals surface area contributed by atoms with Crippen molar-refractivity contribution in [3.63, 3.8) is 0 Å². The van der Waals surface area contributed by atoms with E-state index in [1.807, 2.05) is 36.4 Å². The second-order valence-electron chi connectivity index (χ2n) is 5.87. The van der Waals surface area contributed by atoms with Gasteiger partial charge >= 0.3 is 0 Å². The predicted molar refractivity (Wildman–Crippen MR) is 109 cm³/mol. The SMILES string of the molecule is S=c1[nH]nc(Cc2cccc3ccccc23)n1/N=C/c1ccc(Cl)cc1. The number of benzene rings is 3. The average Bonchev–Trinajstić information content (AvgIpc) is 3.01. The lowest BCUT2D eigenvalue weighted by Crippen LogP contribution is -2.01.